The van der Waals surface area contributed by atoms with Gasteiger partial charge in [0.25, 0.3) is 0 Å². The Hall–Kier alpha value is -3.47. The monoisotopic (exact) mass is 436 g/mol. The van der Waals surface area contributed by atoms with Crippen LogP contribution in [0.25, 0.3) is 0 Å². The van der Waals surface area contributed by atoms with Crippen molar-refractivity contribution in [3.63, 3.8) is 0 Å². The van der Waals surface area contributed by atoms with Crippen LogP contribution in [0.2, 0.25) is 0 Å². The highest BCUT2D eigenvalue weighted by molar-refractivity contribution is 7.87. The zero-order chi connectivity index (χ0) is 22.1. The number of hydrogen-bond acceptors (Lipinski definition) is 8. The molecule has 4 N–H and O–H groups in total. The van der Waals surface area contributed by atoms with Gasteiger partial charge in [-0.1, -0.05) is 0 Å². The maximum atomic E-state index is 12.8. The van der Waals surface area contributed by atoms with Crippen molar-refractivity contribution in [1.82, 2.24) is 0 Å². The van der Waals surface area contributed by atoms with Gasteiger partial charge in [0.2, 0.25) is 5.96 Å². The molecule has 10 nitrogen and oxygen atoms in total. The van der Waals surface area contributed by atoms with Crippen molar-refractivity contribution in [2.75, 3.05) is 20.8 Å². The molecule has 0 aromatic heterocycles. The molecule has 11 heteroatoms. The van der Waals surface area contributed by atoms with Gasteiger partial charge < -0.3 is 29.9 Å². The minimum atomic E-state index is -4.18. The molecule has 0 unspecified atom stereocenters. The van der Waals surface area contributed by atoms with Crippen molar-refractivity contribution in [2.24, 2.45) is 21.7 Å². The van der Waals surface area contributed by atoms with Gasteiger partial charge in [-0.15, -0.1) is 5.10 Å². The Morgan fingerprint density at radius 1 is 1.03 bits per heavy atom. The molecule has 0 aliphatic heterocycles. The van der Waals surface area contributed by atoms with E-state index in [9.17, 15) is 8.42 Å². The highest BCUT2D eigenvalue weighted by Gasteiger charge is 2.23. The van der Waals surface area contributed by atoms with Gasteiger partial charge in [-0.05, 0) is 36.8 Å². The SMILES string of the molecule is COc1ccc(OC)c(S(=O)(=O)Oc2cc(C)cc(OCCC=NN=C(N)N)c2)c1. The molecule has 0 saturated carbocycles. The van der Waals surface area contributed by atoms with Crippen molar-refractivity contribution in [1.29, 1.82) is 0 Å². The van der Waals surface area contributed by atoms with E-state index in [1.807, 2.05) is 0 Å². The molecule has 0 aliphatic rings. The number of aryl methyl sites for hydroxylation is 1. The Kier molecular flexibility index (Phi) is 7.87. The molecule has 2 aromatic rings. The molecule has 0 atom stereocenters. The number of rotatable bonds is 10. The molecular weight excluding hydrogens is 412 g/mol. The average Bonchev–Trinajstić information content (AvgIpc) is 2.69. The second kappa shape index (κ2) is 10.3. The van der Waals surface area contributed by atoms with Gasteiger partial charge in [0.05, 0.1) is 20.8 Å². The largest absolute Gasteiger partial charge is 0.497 e. The van der Waals surface area contributed by atoms with Gasteiger partial charge in [-0.25, -0.2) is 0 Å². The van der Waals surface area contributed by atoms with Crippen molar-refractivity contribution in [3.8, 4) is 23.0 Å². The van der Waals surface area contributed by atoms with Crippen LogP contribution in [-0.2, 0) is 10.1 Å². The van der Waals surface area contributed by atoms with Crippen molar-refractivity contribution in [3.05, 3.63) is 42.0 Å². The smallest absolute Gasteiger partial charge is 0.343 e. The van der Waals surface area contributed by atoms with Crippen LogP contribution in [-0.4, -0.2) is 41.4 Å². The minimum Gasteiger partial charge on any atom is -0.497 e. The first kappa shape index (κ1) is 22.8. The summed E-state index contributed by atoms with van der Waals surface area (Å²) in [5, 5.41) is 7.13. The molecule has 0 saturated heterocycles. The normalized spacial score (nSPS) is 11.2. The minimum absolute atomic E-state index is 0.101. The van der Waals surface area contributed by atoms with Crippen LogP contribution < -0.4 is 29.9 Å². The summed E-state index contributed by atoms with van der Waals surface area (Å²) in [7, 11) is -1.38. The van der Waals surface area contributed by atoms with Crippen LogP contribution >= 0.6 is 0 Å². The molecule has 0 fully saturated rings. The summed E-state index contributed by atoms with van der Waals surface area (Å²) in [6.45, 7) is 2.07. The fourth-order valence-corrected chi connectivity index (χ4v) is 3.49. The Bertz CT molecular complexity index is 1030. The van der Waals surface area contributed by atoms with Crippen LogP contribution in [0.1, 0.15) is 12.0 Å². The predicted molar refractivity (Wildman–Crippen MR) is 113 cm³/mol. The molecular formula is C19H24N4O6S. The number of nitrogens with two attached hydrogens (primary N) is 2. The number of methoxy groups -OCH3 is 2. The van der Waals surface area contributed by atoms with Crippen LogP contribution in [0.3, 0.4) is 0 Å². The van der Waals surface area contributed by atoms with Gasteiger partial charge in [0.15, 0.2) is 4.90 Å². The fraction of sp³-hybridized carbons (Fsp3) is 0.263. The highest BCUT2D eigenvalue weighted by Crippen LogP contribution is 2.32. The molecule has 162 valence electrons. The lowest BCUT2D eigenvalue weighted by atomic mass is 10.2. The first-order valence-corrected chi connectivity index (χ1v) is 10.2. The van der Waals surface area contributed by atoms with E-state index < -0.39 is 10.1 Å². The van der Waals surface area contributed by atoms with Crippen LogP contribution in [0.15, 0.2) is 51.5 Å². The molecule has 0 heterocycles. The summed E-state index contributed by atoms with van der Waals surface area (Å²) < 4.78 is 46.8. The summed E-state index contributed by atoms with van der Waals surface area (Å²) in [6, 6.07) is 9.22. The van der Waals surface area contributed by atoms with E-state index in [1.54, 1.807) is 25.1 Å². The lowest BCUT2D eigenvalue weighted by molar-refractivity contribution is 0.329. The predicted octanol–water partition coefficient (Wildman–Crippen LogP) is 1.81. The van der Waals surface area contributed by atoms with E-state index in [1.165, 1.54) is 38.6 Å². The molecule has 2 rings (SSSR count). The zero-order valence-corrected chi connectivity index (χ0v) is 17.7. The van der Waals surface area contributed by atoms with E-state index in [4.69, 9.17) is 29.9 Å². The third-order valence-corrected chi connectivity index (χ3v) is 4.91. The van der Waals surface area contributed by atoms with Crippen LogP contribution in [0, 0.1) is 6.92 Å². The topological polar surface area (TPSA) is 148 Å². The molecule has 0 spiro atoms. The van der Waals surface area contributed by atoms with Gasteiger partial charge in [0, 0.05) is 24.8 Å². The molecule has 0 aliphatic carbocycles. The van der Waals surface area contributed by atoms with Gasteiger partial charge in [-0.3, -0.25) is 0 Å². The Morgan fingerprint density at radius 2 is 1.77 bits per heavy atom. The number of benzene rings is 2. The lowest BCUT2D eigenvalue weighted by Crippen LogP contribution is -2.21. The molecule has 30 heavy (non-hydrogen) atoms. The second-order valence-electron chi connectivity index (χ2n) is 6.00. The Morgan fingerprint density at radius 3 is 2.43 bits per heavy atom. The quantitative estimate of drug-likeness (QED) is 0.188. The number of hydrogen-bond donors (Lipinski definition) is 2. The fourth-order valence-electron chi connectivity index (χ4n) is 2.39. The van der Waals surface area contributed by atoms with Gasteiger partial charge in [0.1, 0.15) is 23.0 Å². The van der Waals surface area contributed by atoms with Crippen molar-refractivity contribution >= 4 is 22.3 Å². The average molecular weight is 436 g/mol. The Labute approximate surface area is 175 Å². The summed E-state index contributed by atoms with van der Waals surface area (Å²) in [5.74, 6) is 0.896. The summed E-state index contributed by atoms with van der Waals surface area (Å²) in [6.07, 6.45) is 1.94. The number of guanidine groups is 1. The van der Waals surface area contributed by atoms with Crippen LogP contribution in [0.5, 0.6) is 23.0 Å². The van der Waals surface area contributed by atoms with Gasteiger partial charge >= 0.3 is 10.1 Å². The number of ether oxygens (including phenoxy) is 3. The van der Waals surface area contributed by atoms with E-state index in [0.29, 0.717) is 17.9 Å². The maximum Gasteiger partial charge on any atom is 0.343 e. The van der Waals surface area contributed by atoms with E-state index in [2.05, 4.69) is 10.2 Å². The molecule has 0 radical (unpaired) electrons. The van der Waals surface area contributed by atoms with E-state index in [-0.39, 0.29) is 29.0 Å². The zero-order valence-electron chi connectivity index (χ0n) is 16.9. The first-order chi connectivity index (χ1) is 14.2. The van der Waals surface area contributed by atoms with Crippen LogP contribution in [0.4, 0.5) is 0 Å². The van der Waals surface area contributed by atoms with E-state index in [0.717, 1.165) is 5.56 Å². The summed E-state index contributed by atoms with van der Waals surface area (Å²) in [5.41, 5.74) is 11.1. The maximum absolute atomic E-state index is 12.8. The summed E-state index contributed by atoms with van der Waals surface area (Å²) >= 11 is 0. The first-order valence-electron chi connectivity index (χ1n) is 8.76. The van der Waals surface area contributed by atoms with Crippen molar-refractivity contribution < 1.29 is 26.8 Å². The highest BCUT2D eigenvalue weighted by atomic mass is 32.2. The second-order valence-corrected chi connectivity index (χ2v) is 7.51. The van der Waals surface area contributed by atoms with E-state index >= 15 is 0 Å². The third-order valence-electron chi connectivity index (χ3n) is 3.64. The summed E-state index contributed by atoms with van der Waals surface area (Å²) in [4.78, 5) is -0.149. The molecule has 2 aromatic carbocycles. The standard InChI is InChI=1S/C19H24N4O6S/c1-13-9-15(28-8-4-7-22-23-19(20)21)11-16(10-13)29-30(24,25)18-12-14(26-2)5-6-17(18)27-3/h5-7,9-12H,4,8H2,1-3H3,(H4,20,21,23). The lowest BCUT2D eigenvalue weighted by Gasteiger charge is -2.13. The number of nitrogens with zero attached hydrogens (tertiary/aromatic N) is 2. The molecule has 0 bridgehead atoms. The third kappa shape index (κ3) is 6.55. The Balaban J connectivity index is 2.16. The van der Waals surface area contributed by atoms with Crippen molar-refractivity contribution in [2.45, 2.75) is 18.2 Å². The van der Waals surface area contributed by atoms with Gasteiger partial charge in [-0.2, -0.15) is 13.5 Å². The molecule has 0 amide bonds.